The summed E-state index contributed by atoms with van der Waals surface area (Å²) in [5, 5.41) is 25.1. The van der Waals surface area contributed by atoms with Crippen LogP contribution in [-0.2, 0) is 23.1 Å². The quantitative estimate of drug-likeness (QED) is 0.254. The zero-order valence-electron chi connectivity index (χ0n) is 18.8. The Bertz CT molecular complexity index is 1160. The second-order valence-corrected chi connectivity index (χ2v) is 8.30. The fraction of sp³-hybridized carbons (Fsp3) is 0.273. The first-order valence-electron chi connectivity index (χ1n) is 10.3. The third-order valence-electron chi connectivity index (χ3n) is 4.85. The minimum Gasteiger partial charge on any atom is -0.497 e. The van der Waals surface area contributed by atoms with Gasteiger partial charge in [0.2, 0.25) is 11.8 Å². The Kier molecular flexibility index (Phi) is 8.19. The molecule has 1 heterocycles. The number of nitrogens with zero attached hydrogens (tertiary/aromatic N) is 4. The highest BCUT2D eigenvalue weighted by Crippen LogP contribution is 2.20. The van der Waals surface area contributed by atoms with Crippen molar-refractivity contribution in [1.82, 2.24) is 20.1 Å². The van der Waals surface area contributed by atoms with Gasteiger partial charge < -0.3 is 19.9 Å². The van der Waals surface area contributed by atoms with Crippen molar-refractivity contribution in [3.63, 3.8) is 0 Å². The second-order valence-electron chi connectivity index (χ2n) is 7.35. The molecule has 12 heteroatoms. The number of rotatable bonds is 10. The molecule has 2 amide bonds. The first-order chi connectivity index (χ1) is 16.3. The summed E-state index contributed by atoms with van der Waals surface area (Å²) in [5.74, 6) is 0.910. The molecule has 0 saturated heterocycles. The van der Waals surface area contributed by atoms with Gasteiger partial charge in [-0.05, 0) is 36.8 Å². The second kappa shape index (κ2) is 11.3. The summed E-state index contributed by atoms with van der Waals surface area (Å²) < 4.78 is 6.84. The van der Waals surface area contributed by atoms with Gasteiger partial charge in [-0.1, -0.05) is 23.9 Å². The molecule has 0 fully saturated rings. The number of nitro benzene ring substituents is 1. The van der Waals surface area contributed by atoms with Gasteiger partial charge in [-0.25, -0.2) is 0 Å². The average Bonchev–Trinajstić information content (AvgIpc) is 3.18. The number of aromatic nitrogens is 3. The SMILES string of the molecule is COc1ccc(CC(=O)N[C@@H](C)c2nnc(SCC(=O)Nc3ccc([N+](=O)[O-])cc3)n2C)cc1. The number of nitrogens with one attached hydrogen (secondary N) is 2. The van der Waals surface area contributed by atoms with Crippen LogP contribution in [-0.4, -0.2) is 44.4 Å². The predicted octanol–water partition coefficient (Wildman–Crippen LogP) is 2.88. The molecule has 0 aliphatic heterocycles. The lowest BCUT2D eigenvalue weighted by molar-refractivity contribution is -0.384. The summed E-state index contributed by atoms with van der Waals surface area (Å²) >= 11 is 1.19. The highest BCUT2D eigenvalue weighted by molar-refractivity contribution is 7.99. The average molecular weight is 485 g/mol. The van der Waals surface area contributed by atoms with Gasteiger partial charge >= 0.3 is 0 Å². The van der Waals surface area contributed by atoms with E-state index in [-0.39, 0.29) is 35.7 Å². The van der Waals surface area contributed by atoms with Gasteiger partial charge in [0.05, 0.1) is 30.2 Å². The molecule has 1 aromatic heterocycles. The van der Waals surface area contributed by atoms with Crippen LogP contribution < -0.4 is 15.4 Å². The molecule has 34 heavy (non-hydrogen) atoms. The minimum atomic E-state index is -0.504. The Balaban J connectivity index is 1.51. The van der Waals surface area contributed by atoms with Gasteiger partial charge in [0.1, 0.15) is 5.75 Å². The van der Waals surface area contributed by atoms with Gasteiger partial charge in [0.15, 0.2) is 11.0 Å². The number of non-ortho nitro benzene ring substituents is 1. The molecule has 0 radical (unpaired) electrons. The molecule has 2 N–H and O–H groups in total. The Morgan fingerprint density at radius 2 is 1.79 bits per heavy atom. The Labute approximate surface area is 200 Å². The number of ether oxygens (including phenoxy) is 1. The molecule has 3 rings (SSSR count). The molecule has 2 aromatic carbocycles. The molecular formula is C22H24N6O5S. The van der Waals surface area contributed by atoms with Crippen molar-refractivity contribution < 1.29 is 19.2 Å². The van der Waals surface area contributed by atoms with Crippen molar-refractivity contribution >= 4 is 35.0 Å². The molecule has 0 bridgehead atoms. The lowest BCUT2D eigenvalue weighted by atomic mass is 10.1. The van der Waals surface area contributed by atoms with Crippen molar-refractivity contribution in [2.45, 2.75) is 24.5 Å². The molecule has 11 nitrogen and oxygen atoms in total. The highest BCUT2D eigenvalue weighted by Gasteiger charge is 2.18. The number of hydrogen-bond acceptors (Lipinski definition) is 8. The van der Waals surface area contributed by atoms with E-state index in [2.05, 4.69) is 20.8 Å². The third kappa shape index (κ3) is 6.54. The van der Waals surface area contributed by atoms with Crippen LogP contribution in [0.5, 0.6) is 5.75 Å². The van der Waals surface area contributed by atoms with E-state index in [1.165, 1.54) is 36.0 Å². The number of thioether (sulfide) groups is 1. The number of hydrogen-bond donors (Lipinski definition) is 2. The highest BCUT2D eigenvalue weighted by atomic mass is 32.2. The van der Waals surface area contributed by atoms with Crippen LogP contribution in [0.3, 0.4) is 0 Å². The number of nitro groups is 1. The van der Waals surface area contributed by atoms with Crippen molar-refractivity contribution in [2.24, 2.45) is 7.05 Å². The van der Waals surface area contributed by atoms with E-state index in [1.807, 2.05) is 19.1 Å². The van der Waals surface area contributed by atoms with Crippen LogP contribution in [0.4, 0.5) is 11.4 Å². The third-order valence-corrected chi connectivity index (χ3v) is 5.87. The smallest absolute Gasteiger partial charge is 0.269 e. The van der Waals surface area contributed by atoms with Crippen molar-refractivity contribution in [3.05, 3.63) is 70.0 Å². The van der Waals surface area contributed by atoms with Crippen LogP contribution in [0.1, 0.15) is 24.4 Å². The van der Waals surface area contributed by atoms with E-state index in [9.17, 15) is 19.7 Å². The van der Waals surface area contributed by atoms with E-state index in [1.54, 1.807) is 30.9 Å². The standard InChI is InChI=1S/C22H24N6O5S/c1-14(23-19(29)12-15-4-10-18(33-3)11-5-15)21-25-26-22(27(21)2)34-13-20(30)24-16-6-8-17(9-7-16)28(31)32/h4-11,14H,12-13H2,1-3H3,(H,23,29)(H,24,30)/t14-/m0/s1. The molecule has 0 aliphatic carbocycles. The lowest BCUT2D eigenvalue weighted by Gasteiger charge is -2.14. The maximum absolute atomic E-state index is 12.4. The van der Waals surface area contributed by atoms with Crippen LogP contribution in [0.15, 0.2) is 53.7 Å². The van der Waals surface area contributed by atoms with Gasteiger partial charge in [-0.15, -0.1) is 10.2 Å². The molecule has 3 aromatic rings. The summed E-state index contributed by atoms with van der Waals surface area (Å²) in [6, 6.07) is 12.5. The van der Waals surface area contributed by atoms with E-state index in [4.69, 9.17) is 4.74 Å². The minimum absolute atomic E-state index is 0.0517. The van der Waals surface area contributed by atoms with Crippen molar-refractivity contribution in [3.8, 4) is 5.75 Å². The molecule has 0 saturated carbocycles. The van der Waals surface area contributed by atoms with Crippen molar-refractivity contribution in [2.75, 3.05) is 18.2 Å². The first kappa shape index (κ1) is 24.7. The number of carbonyl (C=O) groups is 2. The van der Waals surface area contributed by atoms with Gasteiger partial charge in [-0.3, -0.25) is 19.7 Å². The first-order valence-corrected chi connectivity index (χ1v) is 11.2. The molecule has 0 spiro atoms. The lowest BCUT2D eigenvalue weighted by Crippen LogP contribution is -2.29. The summed E-state index contributed by atoms with van der Waals surface area (Å²) in [4.78, 5) is 34.9. The van der Waals surface area contributed by atoms with Gasteiger partial charge in [0, 0.05) is 24.9 Å². The maximum Gasteiger partial charge on any atom is 0.269 e. The largest absolute Gasteiger partial charge is 0.497 e. The van der Waals surface area contributed by atoms with Crippen LogP contribution >= 0.6 is 11.8 Å². The summed E-state index contributed by atoms with van der Waals surface area (Å²) in [5.41, 5.74) is 1.27. The Morgan fingerprint density at radius 1 is 1.12 bits per heavy atom. The van der Waals surface area contributed by atoms with E-state index < -0.39 is 4.92 Å². The van der Waals surface area contributed by atoms with Crippen molar-refractivity contribution in [1.29, 1.82) is 0 Å². The Morgan fingerprint density at radius 3 is 2.41 bits per heavy atom. The van der Waals surface area contributed by atoms with E-state index >= 15 is 0 Å². The molecule has 1 atom stereocenters. The van der Waals surface area contributed by atoms with Crippen LogP contribution in [0.2, 0.25) is 0 Å². The van der Waals surface area contributed by atoms with Crippen LogP contribution in [0, 0.1) is 10.1 Å². The number of benzene rings is 2. The summed E-state index contributed by atoms with van der Waals surface area (Å²) in [7, 11) is 3.35. The predicted molar refractivity (Wildman–Crippen MR) is 127 cm³/mol. The number of methoxy groups -OCH3 is 1. The topological polar surface area (TPSA) is 141 Å². The van der Waals surface area contributed by atoms with Crippen LogP contribution in [0.25, 0.3) is 0 Å². The van der Waals surface area contributed by atoms with Gasteiger partial charge in [0.25, 0.3) is 5.69 Å². The number of amides is 2. The molecule has 0 unspecified atom stereocenters. The fourth-order valence-electron chi connectivity index (χ4n) is 3.11. The summed E-state index contributed by atoms with van der Waals surface area (Å²) in [6.07, 6.45) is 0.219. The number of anilines is 1. The maximum atomic E-state index is 12.4. The molecule has 0 aliphatic rings. The monoisotopic (exact) mass is 484 g/mol. The molecule has 178 valence electrons. The Hall–Kier alpha value is -3.93. The summed E-state index contributed by atoms with van der Waals surface area (Å²) in [6.45, 7) is 1.81. The van der Waals surface area contributed by atoms with Gasteiger partial charge in [-0.2, -0.15) is 0 Å². The normalized spacial score (nSPS) is 11.5. The van der Waals surface area contributed by atoms with E-state index in [0.29, 0.717) is 16.7 Å². The molecular weight excluding hydrogens is 460 g/mol. The fourth-order valence-corrected chi connectivity index (χ4v) is 3.83. The zero-order chi connectivity index (χ0) is 24.7. The number of carbonyl (C=O) groups excluding carboxylic acids is 2. The zero-order valence-corrected chi connectivity index (χ0v) is 19.7. The van der Waals surface area contributed by atoms with E-state index in [0.717, 1.165) is 11.3 Å².